The van der Waals surface area contributed by atoms with Gasteiger partial charge in [-0.1, -0.05) is 61.5 Å². The second-order valence-electron chi connectivity index (χ2n) is 12.0. The van der Waals surface area contributed by atoms with Crippen LogP contribution in [0.15, 0.2) is 73.8 Å². The number of fused-ring (bicyclic) bond motifs is 1. The van der Waals surface area contributed by atoms with Gasteiger partial charge in [-0.15, -0.1) is 13.2 Å². The lowest BCUT2D eigenvalue weighted by Gasteiger charge is -2.40. The lowest BCUT2D eigenvalue weighted by Crippen LogP contribution is -2.57. The van der Waals surface area contributed by atoms with E-state index in [9.17, 15) is 14.7 Å². The van der Waals surface area contributed by atoms with Crippen LogP contribution in [-0.2, 0) is 23.9 Å². The number of aryl methyl sites for hydroxylation is 2. The minimum absolute atomic E-state index is 0.154. The van der Waals surface area contributed by atoms with Gasteiger partial charge < -0.3 is 24.4 Å². The number of anilines is 1. The maximum absolute atomic E-state index is 15.0. The number of hydrogen-bond donors (Lipinski definition) is 1. The zero-order chi connectivity index (χ0) is 30.9. The van der Waals surface area contributed by atoms with E-state index in [1.54, 1.807) is 17.1 Å². The summed E-state index contributed by atoms with van der Waals surface area (Å²) < 4.78 is 12.6. The second kappa shape index (κ2) is 12.1. The highest BCUT2D eigenvalue weighted by atomic mass is 16.6. The summed E-state index contributed by atoms with van der Waals surface area (Å²) in [6.45, 7) is 13.4. The molecule has 2 aromatic carbocycles. The predicted octanol–water partition coefficient (Wildman–Crippen LogP) is 4.83. The molecular formula is C35H42N2O6. The van der Waals surface area contributed by atoms with Crippen molar-refractivity contribution >= 4 is 23.5 Å². The van der Waals surface area contributed by atoms with E-state index < -0.39 is 47.7 Å². The molecule has 2 amide bonds. The number of benzene rings is 2. The summed E-state index contributed by atoms with van der Waals surface area (Å²) in [6.07, 6.45) is 5.27. The third-order valence-corrected chi connectivity index (χ3v) is 9.60. The molecule has 0 aromatic heterocycles. The van der Waals surface area contributed by atoms with Gasteiger partial charge in [-0.2, -0.15) is 0 Å². The average molecular weight is 587 g/mol. The van der Waals surface area contributed by atoms with Crippen LogP contribution in [0, 0.1) is 25.7 Å². The maximum atomic E-state index is 15.0. The number of aliphatic hydroxyl groups is 1. The number of hydrogen-bond acceptors (Lipinski definition) is 6. The lowest BCUT2D eigenvalue weighted by molar-refractivity contribution is -0.162. The summed E-state index contributed by atoms with van der Waals surface area (Å²) in [5.74, 6) is -2.98. The van der Waals surface area contributed by atoms with Gasteiger partial charge >= 0.3 is 5.97 Å². The van der Waals surface area contributed by atoms with E-state index in [-0.39, 0.29) is 25.0 Å². The molecule has 0 aliphatic carbocycles. The Morgan fingerprint density at radius 2 is 1.91 bits per heavy atom. The molecule has 3 saturated heterocycles. The molecule has 43 heavy (non-hydrogen) atoms. The molecule has 1 spiro atoms. The third kappa shape index (κ3) is 4.90. The van der Waals surface area contributed by atoms with E-state index in [0.29, 0.717) is 31.2 Å². The van der Waals surface area contributed by atoms with Crippen LogP contribution in [0.2, 0.25) is 0 Å². The number of likely N-dealkylation sites (tertiary alicyclic amines) is 1. The van der Waals surface area contributed by atoms with Crippen molar-refractivity contribution < 1.29 is 29.0 Å². The van der Waals surface area contributed by atoms with Gasteiger partial charge in [0.05, 0.1) is 30.8 Å². The highest BCUT2D eigenvalue weighted by Gasteiger charge is 2.79. The molecule has 228 valence electrons. The van der Waals surface area contributed by atoms with Crippen molar-refractivity contribution in [3.8, 4) is 0 Å². The summed E-state index contributed by atoms with van der Waals surface area (Å²) >= 11 is 0. The minimum atomic E-state index is -1.26. The second-order valence-corrected chi connectivity index (χ2v) is 12.0. The largest absolute Gasteiger partial charge is 0.465 e. The quantitative estimate of drug-likeness (QED) is 0.218. The molecular weight excluding hydrogens is 544 g/mol. The van der Waals surface area contributed by atoms with Crippen LogP contribution in [0.3, 0.4) is 0 Å². The average Bonchev–Trinajstić information content (AvgIpc) is 3.62. The molecule has 8 nitrogen and oxygen atoms in total. The zero-order valence-electron chi connectivity index (χ0n) is 25.3. The Morgan fingerprint density at radius 3 is 2.56 bits per heavy atom. The molecule has 0 radical (unpaired) electrons. The van der Waals surface area contributed by atoms with Gasteiger partial charge in [-0.25, -0.2) is 0 Å². The monoisotopic (exact) mass is 586 g/mol. The molecule has 3 fully saturated rings. The Bertz CT molecular complexity index is 1410. The third-order valence-electron chi connectivity index (χ3n) is 9.60. The SMILES string of the molecule is C=CCCOC(=O)[C@@H]1[C@H]2C(=O)N([C@H](CO)c3ccccc3)C(C(=O)N(CC=C)c3cc(C)ccc3C)C23CC[C@@]1(CC)O3. The number of nitrogens with zero attached hydrogens (tertiary/aromatic N) is 2. The van der Waals surface area contributed by atoms with Crippen molar-refractivity contribution in [3.63, 3.8) is 0 Å². The number of carbonyl (C=O) groups is 3. The van der Waals surface area contributed by atoms with Crippen LogP contribution in [0.1, 0.15) is 55.3 Å². The summed E-state index contributed by atoms with van der Waals surface area (Å²) in [5, 5.41) is 10.8. The van der Waals surface area contributed by atoms with E-state index in [1.165, 1.54) is 4.90 Å². The van der Waals surface area contributed by atoms with Gasteiger partial charge in [-0.3, -0.25) is 14.4 Å². The predicted molar refractivity (Wildman–Crippen MR) is 164 cm³/mol. The van der Waals surface area contributed by atoms with Crippen LogP contribution in [-0.4, -0.2) is 64.8 Å². The number of ether oxygens (including phenoxy) is 2. The summed E-state index contributed by atoms with van der Waals surface area (Å²) in [4.78, 5) is 46.6. The number of carbonyl (C=O) groups excluding carboxylic acids is 3. The number of rotatable bonds is 12. The Morgan fingerprint density at radius 1 is 1.16 bits per heavy atom. The molecule has 3 aliphatic heterocycles. The molecule has 5 rings (SSSR count). The summed E-state index contributed by atoms with van der Waals surface area (Å²) in [6, 6.07) is 13.2. The first-order valence-electron chi connectivity index (χ1n) is 15.1. The molecule has 3 aliphatic rings. The van der Waals surface area contributed by atoms with E-state index in [1.807, 2.05) is 69.3 Å². The smallest absolute Gasteiger partial charge is 0.312 e. The Labute approximate surface area is 254 Å². The normalized spacial score (nSPS) is 28.0. The molecule has 3 heterocycles. The van der Waals surface area contributed by atoms with Gasteiger partial charge in [0.1, 0.15) is 17.6 Å². The molecule has 1 N–H and O–H groups in total. The van der Waals surface area contributed by atoms with Crippen molar-refractivity contribution in [1.29, 1.82) is 0 Å². The fourth-order valence-electron chi connectivity index (χ4n) is 7.59. The van der Waals surface area contributed by atoms with E-state index in [2.05, 4.69) is 13.2 Å². The van der Waals surface area contributed by atoms with Crippen molar-refractivity contribution in [1.82, 2.24) is 4.90 Å². The van der Waals surface area contributed by atoms with Crippen molar-refractivity contribution in [2.75, 3.05) is 24.7 Å². The van der Waals surface area contributed by atoms with Crippen molar-refractivity contribution in [3.05, 3.63) is 90.5 Å². The zero-order valence-corrected chi connectivity index (χ0v) is 25.3. The number of esters is 1. The Balaban J connectivity index is 1.67. The van der Waals surface area contributed by atoms with Gasteiger partial charge in [-0.05, 0) is 62.3 Å². The molecule has 6 atom stereocenters. The lowest BCUT2D eigenvalue weighted by atomic mass is 9.65. The standard InChI is InChI=1S/C35H42N2O6/c1-6-9-20-42-33(41)29-28-31(39)37(27(22-38)25-13-11-10-12-14-25)30(35(28)18-17-34(29,8-3)43-35)32(40)36(19-7-2)26-21-23(4)15-16-24(26)5/h6-7,10-16,21,27-30,38H,1-2,8-9,17-20,22H2,3-5H3/t27-,28+,29+,30?,34-,35?/m1/s1. The Hall–Kier alpha value is -3.75. The van der Waals surface area contributed by atoms with Gasteiger partial charge in [0.2, 0.25) is 5.91 Å². The van der Waals surface area contributed by atoms with E-state index in [4.69, 9.17) is 9.47 Å². The van der Waals surface area contributed by atoms with E-state index in [0.717, 1.165) is 16.8 Å². The van der Waals surface area contributed by atoms with Crippen LogP contribution in [0.4, 0.5) is 5.69 Å². The van der Waals surface area contributed by atoms with Crippen LogP contribution >= 0.6 is 0 Å². The number of amides is 2. The van der Waals surface area contributed by atoms with Crippen LogP contribution in [0.25, 0.3) is 0 Å². The first-order valence-corrected chi connectivity index (χ1v) is 15.1. The highest BCUT2D eigenvalue weighted by molar-refractivity contribution is 6.05. The Kier molecular flexibility index (Phi) is 8.63. The van der Waals surface area contributed by atoms with Crippen molar-refractivity contribution in [2.45, 2.75) is 69.7 Å². The van der Waals surface area contributed by atoms with Gasteiger partial charge in [0, 0.05) is 12.2 Å². The molecule has 2 bridgehead atoms. The maximum Gasteiger partial charge on any atom is 0.312 e. The number of aliphatic hydroxyl groups excluding tert-OH is 1. The topological polar surface area (TPSA) is 96.4 Å². The first-order chi connectivity index (χ1) is 20.7. The van der Waals surface area contributed by atoms with Crippen LogP contribution < -0.4 is 4.90 Å². The molecule has 8 heteroatoms. The first kappa shape index (κ1) is 30.7. The van der Waals surface area contributed by atoms with Gasteiger partial charge in [0.25, 0.3) is 5.91 Å². The van der Waals surface area contributed by atoms with Gasteiger partial charge in [0.15, 0.2) is 0 Å². The van der Waals surface area contributed by atoms with Crippen LogP contribution in [0.5, 0.6) is 0 Å². The fraction of sp³-hybridized carbons (Fsp3) is 0.457. The fourth-order valence-corrected chi connectivity index (χ4v) is 7.59. The minimum Gasteiger partial charge on any atom is -0.465 e. The molecule has 2 aromatic rings. The highest BCUT2D eigenvalue weighted by Crippen LogP contribution is 2.65. The summed E-state index contributed by atoms with van der Waals surface area (Å²) in [5.41, 5.74) is 1.12. The molecule has 2 unspecified atom stereocenters. The molecule has 0 saturated carbocycles. The van der Waals surface area contributed by atoms with Crippen molar-refractivity contribution in [2.24, 2.45) is 11.8 Å². The van der Waals surface area contributed by atoms with E-state index >= 15 is 4.79 Å². The summed E-state index contributed by atoms with van der Waals surface area (Å²) in [7, 11) is 0.